The van der Waals surface area contributed by atoms with Crippen LogP contribution in [0.3, 0.4) is 0 Å². The molecule has 0 saturated carbocycles. The fraction of sp³-hybridized carbons (Fsp3) is 0.350. The van der Waals surface area contributed by atoms with Crippen molar-refractivity contribution in [1.29, 1.82) is 0 Å². The lowest BCUT2D eigenvalue weighted by Crippen LogP contribution is -2.10. The van der Waals surface area contributed by atoms with Gasteiger partial charge in [-0.2, -0.15) is 0 Å². The van der Waals surface area contributed by atoms with E-state index in [2.05, 4.69) is 12.1 Å². The largest absolute Gasteiger partial charge is 0.427 e. The van der Waals surface area contributed by atoms with Crippen LogP contribution in [-0.2, 0) is 15.3 Å². The van der Waals surface area contributed by atoms with Crippen molar-refractivity contribution in [3.63, 3.8) is 0 Å². The first kappa shape index (κ1) is 18.6. The summed E-state index contributed by atoms with van der Waals surface area (Å²) in [4.78, 5) is 13.0. The van der Waals surface area contributed by atoms with Crippen molar-refractivity contribution in [3.8, 4) is 5.75 Å². The Kier molecular flexibility index (Phi) is 7.86. The van der Waals surface area contributed by atoms with Gasteiger partial charge in [-0.25, -0.2) is 0 Å². The van der Waals surface area contributed by atoms with Gasteiger partial charge in [-0.15, -0.1) is 11.8 Å². The molecule has 2 aromatic rings. The van der Waals surface area contributed by atoms with Gasteiger partial charge in [0.15, 0.2) is 0 Å². The van der Waals surface area contributed by atoms with Crippen LogP contribution in [0.15, 0.2) is 59.5 Å². The number of carbonyl (C=O) groups is 1. The van der Waals surface area contributed by atoms with Gasteiger partial charge < -0.3 is 9.47 Å². The fourth-order valence-corrected chi connectivity index (χ4v) is 2.93. The predicted molar refractivity (Wildman–Crippen MR) is 98.4 cm³/mol. The molecule has 0 spiro atoms. The van der Waals surface area contributed by atoms with E-state index in [1.165, 1.54) is 10.5 Å². The van der Waals surface area contributed by atoms with Crippen LogP contribution in [0.5, 0.6) is 5.75 Å². The molecule has 0 aliphatic carbocycles. The smallest absolute Gasteiger partial charge is 0.311 e. The first-order valence-corrected chi connectivity index (χ1v) is 9.21. The highest BCUT2D eigenvalue weighted by Crippen LogP contribution is 2.23. The molecule has 24 heavy (non-hydrogen) atoms. The zero-order valence-electron chi connectivity index (χ0n) is 14.2. The fourth-order valence-electron chi connectivity index (χ4n) is 2.06. The summed E-state index contributed by atoms with van der Waals surface area (Å²) in [6.45, 7) is 4.55. The summed E-state index contributed by atoms with van der Waals surface area (Å²) >= 11 is 1.79. The maximum Gasteiger partial charge on any atom is 0.311 e. The van der Waals surface area contributed by atoms with E-state index in [0.717, 1.165) is 5.75 Å². The van der Waals surface area contributed by atoms with Crippen molar-refractivity contribution in [3.05, 3.63) is 60.2 Å². The lowest BCUT2D eigenvalue weighted by molar-refractivity contribution is -0.134. The van der Waals surface area contributed by atoms with E-state index in [-0.39, 0.29) is 12.1 Å². The van der Waals surface area contributed by atoms with E-state index in [1.807, 2.05) is 56.3 Å². The van der Waals surface area contributed by atoms with Gasteiger partial charge in [0, 0.05) is 23.7 Å². The summed E-state index contributed by atoms with van der Waals surface area (Å²) in [6, 6.07) is 18.0. The number of thioether (sulfide) groups is 1. The molecule has 0 radical (unpaired) electrons. The summed E-state index contributed by atoms with van der Waals surface area (Å²) < 4.78 is 10.7. The minimum absolute atomic E-state index is 0.197. The average molecular weight is 344 g/mol. The Morgan fingerprint density at radius 2 is 1.75 bits per heavy atom. The van der Waals surface area contributed by atoms with E-state index in [4.69, 9.17) is 9.47 Å². The van der Waals surface area contributed by atoms with Gasteiger partial charge >= 0.3 is 5.97 Å². The van der Waals surface area contributed by atoms with Crippen LogP contribution >= 0.6 is 11.8 Å². The van der Waals surface area contributed by atoms with Crippen molar-refractivity contribution < 1.29 is 14.3 Å². The molecule has 2 rings (SSSR count). The summed E-state index contributed by atoms with van der Waals surface area (Å²) in [7, 11) is 0. The number of benzene rings is 2. The molecule has 0 aromatic heterocycles. The number of carbonyl (C=O) groups excluding carboxylic acids is 1. The second-order valence-corrected chi connectivity index (χ2v) is 6.79. The number of hydrogen-bond donors (Lipinski definition) is 0. The van der Waals surface area contributed by atoms with Crippen molar-refractivity contribution in [2.24, 2.45) is 0 Å². The second-order valence-electron chi connectivity index (χ2n) is 5.74. The molecule has 2 aromatic carbocycles. The van der Waals surface area contributed by atoms with Gasteiger partial charge in [0.25, 0.3) is 0 Å². The van der Waals surface area contributed by atoms with Crippen LogP contribution in [0.2, 0.25) is 0 Å². The molecule has 0 heterocycles. The Balaban J connectivity index is 1.72. The van der Waals surface area contributed by atoms with Gasteiger partial charge in [-0.3, -0.25) is 4.79 Å². The zero-order chi connectivity index (χ0) is 17.2. The molecular formula is C20H24O3S. The van der Waals surface area contributed by atoms with Crippen LogP contribution in [-0.4, -0.2) is 18.7 Å². The predicted octanol–water partition coefficient (Wildman–Crippen LogP) is 5.09. The molecule has 0 aliphatic rings. The van der Waals surface area contributed by atoms with Crippen LogP contribution in [0.25, 0.3) is 0 Å². The standard InChI is InChI=1S/C20H24O3S/c1-16(2)22-14-6-9-20(21)23-18-12-10-17(11-13-18)15-24-19-7-4-3-5-8-19/h3-5,7-8,10-13,16H,6,9,14-15H2,1-2H3. The molecule has 0 atom stereocenters. The van der Waals surface area contributed by atoms with Crippen molar-refractivity contribution in [1.82, 2.24) is 0 Å². The molecule has 0 aliphatic heterocycles. The summed E-state index contributed by atoms with van der Waals surface area (Å²) in [5.74, 6) is 1.28. The van der Waals surface area contributed by atoms with Crippen molar-refractivity contribution in [2.45, 2.75) is 43.4 Å². The van der Waals surface area contributed by atoms with Crippen LogP contribution in [0.4, 0.5) is 0 Å². The summed E-state index contributed by atoms with van der Waals surface area (Å²) in [5, 5.41) is 0. The average Bonchev–Trinajstić information content (AvgIpc) is 2.59. The first-order valence-electron chi connectivity index (χ1n) is 8.22. The molecule has 0 amide bonds. The SMILES string of the molecule is CC(C)OCCCC(=O)Oc1ccc(CSc2ccccc2)cc1. The number of hydrogen-bond acceptors (Lipinski definition) is 4. The highest BCUT2D eigenvalue weighted by molar-refractivity contribution is 7.98. The topological polar surface area (TPSA) is 35.5 Å². The zero-order valence-corrected chi connectivity index (χ0v) is 15.1. The van der Waals surface area contributed by atoms with Crippen LogP contribution in [0, 0.1) is 0 Å². The van der Waals surface area contributed by atoms with Gasteiger partial charge in [-0.1, -0.05) is 30.3 Å². The second kappa shape index (κ2) is 10.2. The molecule has 0 bridgehead atoms. The molecule has 4 heteroatoms. The Morgan fingerprint density at radius 3 is 2.42 bits per heavy atom. The molecule has 0 unspecified atom stereocenters. The molecule has 3 nitrogen and oxygen atoms in total. The van der Waals surface area contributed by atoms with Crippen LogP contribution in [0.1, 0.15) is 32.3 Å². The Labute approximate surface area is 148 Å². The van der Waals surface area contributed by atoms with E-state index < -0.39 is 0 Å². The number of ether oxygens (including phenoxy) is 2. The molecule has 0 saturated heterocycles. The maximum absolute atomic E-state index is 11.8. The van der Waals surface area contributed by atoms with E-state index in [0.29, 0.717) is 25.2 Å². The number of rotatable bonds is 9. The quantitative estimate of drug-likeness (QED) is 0.275. The third kappa shape index (κ3) is 7.20. The van der Waals surface area contributed by atoms with E-state index in [1.54, 1.807) is 11.8 Å². The van der Waals surface area contributed by atoms with Crippen molar-refractivity contribution in [2.75, 3.05) is 6.61 Å². The van der Waals surface area contributed by atoms with Gasteiger partial charge in [-0.05, 0) is 50.1 Å². The van der Waals surface area contributed by atoms with Gasteiger partial charge in [0.1, 0.15) is 5.75 Å². The Morgan fingerprint density at radius 1 is 1.04 bits per heavy atom. The first-order chi connectivity index (χ1) is 11.6. The summed E-state index contributed by atoms with van der Waals surface area (Å²) in [5.41, 5.74) is 1.20. The highest BCUT2D eigenvalue weighted by atomic mass is 32.2. The molecule has 128 valence electrons. The Hall–Kier alpha value is -1.78. The minimum atomic E-state index is -0.214. The lowest BCUT2D eigenvalue weighted by atomic mass is 10.2. The highest BCUT2D eigenvalue weighted by Gasteiger charge is 2.05. The molecular weight excluding hydrogens is 320 g/mol. The monoisotopic (exact) mass is 344 g/mol. The van der Waals surface area contributed by atoms with E-state index in [9.17, 15) is 4.79 Å². The molecule has 0 N–H and O–H groups in total. The number of esters is 1. The summed E-state index contributed by atoms with van der Waals surface area (Å²) in [6.07, 6.45) is 1.25. The van der Waals surface area contributed by atoms with Crippen molar-refractivity contribution >= 4 is 17.7 Å². The normalized spacial score (nSPS) is 10.8. The van der Waals surface area contributed by atoms with E-state index >= 15 is 0 Å². The Bertz CT molecular complexity index is 609. The maximum atomic E-state index is 11.8. The third-order valence-electron chi connectivity index (χ3n) is 3.28. The lowest BCUT2D eigenvalue weighted by Gasteiger charge is -2.08. The van der Waals surface area contributed by atoms with Gasteiger partial charge in [0.05, 0.1) is 6.10 Å². The molecule has 0 fully saturated rings. The van der Waals surface area contributed by atoms with Crippen LogP contribution < -0.4 is 4.74 Å². The van der Waals surface area contributed by atoms with Gasteiger partial charge in [0.2, 0.25) is 0 Å². The third-order valence-corrected chi connectivity index (χ3v) is 4.36. The minimum Gasteiger partial charge on any atom is -0.427 e.